The second-order valence-corrected chi connectivity index (χ2v) is 10.0. The van der Waals surface area contributed by atoms with E-state index in [-0.39, 0.29) is 5.97 Å². The van der Waals surface area contributed by atoms with E-state index < -0.39 is 8.32 Å². The van der Waals surface area contributed by atoms with Crippen molar-refractivity contribution < 1.29 is 14.0 Å². The maximum atomic E-state index is 11.3. The topological polar surface area (TPSA) is 35.5 Å². The van der Waals surface area contributed by atoms with Crippen molar-refractivity contribution in [2.24, 2.45) is 0 Å². The molecule has 0 bridgehead atoms. The fourth-order valence-corrected chi connectivity index (χ4v) is 7.27. The van der Waals surface area contributed by atoms with E-state index in [2.05, 4.69) is 38.1 Å². The van der Waals surface area contributed by atoms with Gasteiger partial charge in [0.25, 0.3) is 0 Å². The lowest BCUT2D eigenvalue weighted by Crippen LogP contribution is -2.37. The highest BCUT2D eigenvalue weighted by atomic mass is 28.4. The zero-order valence-electron chi connectivity index (χ0n) is 14.3. The summed E-state index contributed by atoms with van der Waals surface area (Å²) in [5.74, 6) is -0.112. The van der Waals surface area contributed by atoms with Gasteiger partial charge in [0.2, 0.25) is 0 Å². The summed E-state index contributed by atoms with van der Waals surface area (Å²) in [5, 5.41) is 0. The second kappa shape index (κ2) is 10.6. The first-order valence-electron chi connectivity index (χ1n) is 8.40. The monoisotopic (exact) mass is 322 g/mol. The molecule has 1 aromatic rings. The van der Waals surface area contributed by atoms with Crippen molar-refractivity contribution in [1.82, 2.24) is 0 Å². The highest BCUT2D eigenvalue weighted by Gasteiger charge is 2.32. The summed E-state index contributed by atoms with van der Waals surface area (Å²) >= 11 is 0. The first-order chi connectivity index (χ1) is 10.7. The van der Waals surface area contributed by atoms with Gasteiger partial charge in [0.05, 0.1) is 13.7 Å². The Balaban J connectivity index is 2.64. The molecule has 0 aliphatic rings. The van der Waals surface area contributed by atoms with E-state index >= 15 is 0 Å². The molecule has 0 amide bonds. The van der Waals surface area contributed by atoms with E-state index in [1.54, 1.807) is 0 Å². The molecule has 22 heavy (non-hydrogen) atoms. The maximum absolute atomic E-state index is 11.3. The third-order valence-corrected chi connectivity index (χ3v) is 8.88. The number of ether oxygens (including phenoxy) is 1. The minimum Gasteiger partial charge on any atom is -0.469 e. The van der Waals surface area contributed by atoms with Crippen LogP contribution in [0.4, 0.5) is 0 Å². The number of rotatable bonds is 11. The van der Waals surface area contributed by atoms with E-state index in [0.29, 0.717) is 13.0 Å². The van der Waals surface area contributed by atoms with Crippen molar-refractivity contribution >= 4 is 14.3 Å². The number of hydrogen-bond donors (Lipinski definition) is 0. The lowest BCUT2D eigenvalue weighted by Gasteiger charge is -2.31. The summed E-state index contributed by atoms with van der Waals surface area (Å²) < 4.78 is 11.2. The lowest BCUT2D eigenvalue weighted by molar-refractivity contribution is -0.140. The van der Waals surface area contributed by atoms with E-state index in [9.17, 15) is 4.79 Å². The van der Waals surface area contributed by atoms with Gasteiger partial charge >= 0.3 is 5.97 Å². The van der Waals surface area contributed by atoms with Gasteiger partial charge in [-0.2, -0.15) is 0 Å². The molecule has 0 saturated heterocycles. The highest BCUT2D eigenvalue weighted by Crippen LogP contribution is 2.29. The van der Waals surface area contributed by atoms with Crippen molar-refractivity contribution in [3.05, 3.63) is 35.9 Å². The molecular formula is C18H30O3Si. The number of methoxy groups -OCH3 is 1. The Morgan fingerprint density at radius 1 is 1.05 bits per heavy atom. The van der Waals surface area contributed by atoms with Gasteiger partial charge in [-0.25, -0.2) is 0 Å². The molecule has 1 aromatic carbocycles. The van der Waals surface area contributed by atoms with E-state index in [0.717, 1.165) is 25.3 Å². The van der Waals surface area contributed by atoms with Crippen LogP contribution in [0.2, 0.25) is 18.1 Å². The molecule has 0 unspecified atom stereocenters. The maximum Gasteiger partial charge on any atom is 0.305 e. The SMILES string of the molecule is CCC[Si](CCC)(CCCC(=O)OC)OCc1ccccc1. The molecule has 0 spiro atoms. The molecule has 3 nitrogen and oxygen atoms in total. The Labute approximate surface area is 136 Å². The highest BCUT2D eigenvalue weighted by molar-refractivity contribution is 6.73. The Bertz CT molecular complexity index is 414. The molecule has 4 heteroatoms. The minimum atomic E-state index is -1.77. The smallest absolute Gasteiger partial charge is 0.305 e. The lowest BCUT2D eigenvalue weighted by atomic mass is 10.2. The molecule has 0 aromatic heterocycles. The molecule has 0 N–H and O–H groups in total. The van der Waals surface area contributed by atoms with Crippen molar-refractivity contribution in [2.45, 2.75) is 64.3 Å². The van der Waals surface area contributed by atoms with Crippen LogP contribution in [0.5, 0.6) is 0 Å². The summed E-state index contributed by atoms with van der Waals surface area (Å²) in [6, 6.07) is 13.8. The fourth-order valence-electron chi connectivity index (χ4n) is 2.97. The van der Waals surface area contributed by atoms with Gasteiger partial charge in [0.1, 0.15) is 0 Å². The van der Waals surface area contributed by atoms with Crippen LogP contribution in [0.1, 0.15) is 45.1 Å². The predicted molar refractivity (Wildman–Crippen MR) is 93.2 cm³/mol. The standard InChI is InChI=1S/C18H30O3Si/c1-4-13-22(14-5-2,15-9-12-18(19)20-3)21-16-17-10-7-6-8-11-17/h6-8,10-11H,4-5,9,12-16H2,1-3H3. The van der Waals surface area contributed by atoms with Crippen LogP contribution in [-0.4, -0.2) is 21.4 Å². The number of benzene rings is 1. The fraction of sp³-hybridized carbons (Fsp3) is 0.611. The van der Waals surface area contributed by atoms with Gasteiger partial charge in [-0.05, 0) is 30.1 Å². The third-order valence-electron chi connectivity index (χ3n) is 4.04. The summed E-state index contributed by atoms with van der Waals surface area (Å²) in [5.41, 5.74) is 1.24. The Morgan fingerprint density at radius 3 is 2.23 bits per heavy atom. The molecule has 0 radical (unpaired) electrons. The van der Waals surface area contributed by atoms with Crippen LogP contribution in [0.25, 0.3) is 0 Å². The van der Waals surface area contributed by atoms with Crippen molar-refractivity contribution in [3.63, 3.8) is 0 Å². The van der Waals surface area contributed by atoms with Crippen LogP contribution >= 0.6 is 0 Å². The molecule has 1 rings (SSSR count). The first kappa shape index (κ1) is 18.9. The number of carbonyl (C=O) groups is 1. The molecule has 0 aliphatic heterocycles. The number of carbonyl (C=O) groups excluding carboxylic acids is 1. The van der Waals surface area contributed by atoms with Crippen LogP contribution in [-0.2, 0) is 20.6 Å². The average Bonchev–Trinajstić information content (AvgIpc) is 2.54. The average molecular weight is 323 g/mol. The third kappa shape index (κ3) is 6.75. The van der Waals surface area contributed by atoms with Gasteiger partial charge in [-0.3, -0.25) is 4.79 Å². The molecule has 0 saturated carbocycles. The summed E-state index contributed by atoms with van der Waals surface area (Å²) in [6.07, 6.45) is 3.69. The Kier molecular flexibility index (Phi) is 9.09. The van der Waals surface area contributed by atoms with Crippen LogP contribution in [0.15, 0.2) is 30.3 Å². The summed E-state index contributed by atoms with van der Waals surface area (Å²) in [7, 11) is -0.310. The van der Waals surface area contributed by atoms with E-state index in [4.69, 9.17) is 9.16 Å². The first-order valence-corrected chi connectivity index (χ1v) is 10.9. The van der Waals surface area contributed by atoms with Crippen LogP contribution in [0.3, 0.4) is 0 Å². The second-order valence-electron chi connectivity index (χ2n) is 5.89. The molecule has 0 fully saturated rings. The molecular weight excluding hydrogens is 292 g/mol. The zero-order chi connectivity index (χ0) is 16.3. The zero-order valence-corrected chi connectivity index (χ0v) is 15.3. The van der Waals surface area contributed by atoms with Gasteiger partial charge in [0, 0.05) is 6.42 Å². The van der Waals surface area contributed by atoms with Crippen LogP contribution in [0, 0.1) is 0 Å². The van der Waals surface area contributed by atoms with Gasteiger partial charge in [-0.1, -0.05) is 57.0 Å². The number of esters is 1. The summed E-state index contributed by atoms with van der Waals surface area (Å²) in [4.78, 5) is 11.3. The Hall–Kier alpha value is -1.13. The molecule has 0 atom stereocenters. The van der Waals surface area contributed by atoms with E-state index in [1.165, 1.54) is 24.8 Å². The summed E-state index contributed by atoms with van der Waals surface area (Å²) in [6.45, 7) is 5.15. The normalized spacial score (nSPS) is 11.4. The minimum absolute atomic E-state index is 0.112. The van der Waals surface area contributed by atoms with E-state index in [1.807, 2.05) is 6.07 Å². The van der Waals surface area contributed by atoms with Crippen molar-refractivity contribution in [1.29, 1.82) is 0 Å². The van der Waals surface area contributed by atoms with Crippen LogP contribution < -0.4 is 0 Å². The largest absolute Gasteiger partial charge is 0.469 e. The Morgan fingerprint density at radius 2 is 1.68 bits per heavy atom. The van der Waals surface area contributed by atoms with Crippen molar-refractivity contribution in [3.8, 4) is 0 Å². The van der Waals surface area contributed by atoms with Gasteiger partial charge in [0.15, 0.2) is 8.32 Å². The quantitative estimate of drug-likeness (QED) is 0.428. The van der Waals surface area contributed by atoms with Gasteiger partial charge < -0.3 is 9.16 Å². The molecule has 0 heterocycles. The van der Waals surface area contributed by atoms with Crippen molar-refractivity contribution in [2.75, 3.05) is 7.11 Å². The molecule has 0 aliphatic carbocycles. The molecule has 124 valence electrons. The van der Waals surface area contributed by atoms with Gasteiger partial charge in [-0.15, -0.1) is 0 Å². The predicted octanol–water partition coefficient (Wildman–Crippen LogP) is 4.92. The number of hydrogen-bond acceptors (Lipinski definition) is 3.